The quantitative estimate of drug-likeness (QED) is 0.392. The van der Waals surface area contributed by atoms with E-state index in [1.54, 1.807) is 12.1 Å². The molecule has 0 spiro atoms. The predicted octanol–water partition coefficient (Wildman–Crippen LogP) is 4.16. The fraction of sp³-hybridized carbons (Fsp3) is 0.333. The third kappa shape index (κ3) is 5.33. The van der Waals surface area contributed by atoms with E-state index in [1.165, 1.54) is 0 Å². The average Bonchev–Trinajstić information content (AvgIpc) is 3.28. The number of hydrazine groups is 1. The summed E-state index contributed by atoms with van der Waals surface area (Å²) in [6.07, 6.45) is 3.00. The standard InChI is InChI=1S/C24H25Cl2N5O2/c25-15-2-7-20-14(9-15)1-6-21(29-20)24(32)31-30-18-5-4-17(11-18)27-12-19-13-28-22-10-16(26)3-8-23(22)33-19/h1-3,6-10,17-19,27-28,30H,4-5,11-13H2,(H,31,32). The van der Waals surface area contributed by atoms with Crippen molar-refractivity contribution in [3.63, 3.8) is 0 Å². The summed E-state index contributed by atoms with van der Waals surface area (Å²) >= 11 is 12.0. The van der Waals surface area contributed by atoms with Gasteiger partial charge in [-0.15, -0.1) is 0 Å². The number of nitrogens with one attached hydrogen (secondary N) is 4. The lowest BCUT2D eigenvalue weighted by Crippen LogP contribution is -2.45. The molecule has 1 amide bonds. The Labute approximate surface area is 202 Å². The van der Waals surface area contributed by atoms with E-state index in [1.807, 2.05) is 36.4 Å². The molecule has 1 saturated carbocycles. The lowest BCUT2D eigenvalue weighted by molar-refractivity contribution is 0.0920. The van der Waals surface area contributed by atoms with Crippen molar-refractivity contribution in [2.24, 2.45) is 0 Å². The minimum Gasteiger partial charge on any atom is -0.485 e. The Morgan fingerprint density at radius 2 is 1.88 bits per heavy atom. The van der Waals surface area contributed by atoms with Crippen LogP contribution >= 0.6 is 23.2 Å². The maximum absolute atomic E-state index is 12.5. The van der Waals surface area contributed by atoms with E-state index in [-0.39, 0.29) is 18.1 Å². The molecule has 9 heteroatoms. The summed E-state index contributed by atoms with van der Waals surface area (Å²) in [6.45, 7) is 1.49. The molecule has 1 aliphatic carbocycles. The SMILES string of the molecule is O=C(NNC1CCC(NCC2CNc3cc(Cl)ccc3O2)C1)c1ccc2cc(Cl)ccc2n1. The van der Waals surface area contributed by atoms with Gasteiger partial charge in [0.15, 0.2) is 0 Å². The number of rotatable bonds is 6. The van der Waals surface area contributed by atoms with Gasteiger partial charge < -0.3 is 15.4 Å². The number of amides is 1. The smallest absolute Gasteiger partial charge is 0.283 e. The van der Waals surface area contributed by atoms with Gasteiger partial charge in [-0.25, -0.2) is 10.4 Å². The Morgan fingerprint density at radius 1 is 1.06 bits per heavy atom. The normalized spacial score (nSPS) is 21.8. The minimum atomic E-state index is -0.247. The van der Waals surface area contributed by atoms with Crippen LogP contribution in [0.4, 0.5) is 5.69 Å². The van der Waals surface area contributed by atoms with Gasteiger partial charge in [-0.2, -0.15) is 0 Å². The van der Waals surface area contributed by atoms with E-state index in [4.69, 9.17) is 27.9 Å². The first-order chi connectivity index (χ1) is 16.0. The largest absolute Gasteiger partial charge is 0.485 e. The number of carbonyl (C=O) groups is 1. The molecule has 1 aliphatic heterocycles. The molecule has 0 radical (unpaired) electrons. The summed E-state index contributed by atoms with van der Waals surface area (Å²) < 4.78 is 6.07. The Balaban J connectivity index is 1.07. The monoisotopic (exact) mass is 485 g/mol. The van der Waals surface area contributed by atoms with Gasteiger partial charge in [0.1, 0.15) is 17.5 Å². The van der Waals surface area contributed by atoms with Gasteiger partial charge in [0.05, 0.1) is 17.7 Å². The third-order valence-electron chi connectivity index (χ3n) is 6.10. The Kier molecular flexibility index (Phi) is 6.55. The Morgan fingerprint density at radius 3 is 2.79 bits per heavy atom. The van der Waals surface area contributed by atoms with Gasteiger partial charge in [-0.05, 0) is 61.7 Å². The van der Waals surface area contributed by atoms with E-state index in [0.717, 1.165) is 54.7 Å². The number of hydrogen-bond donors (Lipinski definition) is 4. The van der Waals surface area contributed by atoms with Crippen LogP contribution in [0.3, 0.4) is 0 Å². The van der Waals surface area contributed by atoms with E-state index < -0.39 is 0 Å². The highest BCUT2D eigenvalue weighted by Gasteiger charge is 2.27. The maximum Gasteiger partial charge on any atom is 0.283 e. The number of hydrogen-bond acceptors (Lipinski definition) is 6. The van der Waals surface area contributed by atoms with Crippen molar-refractivity contribution in [3.05, 3.63) is 64.3 Å². The van der Waals surface area contributed by atoms with E-state index in [0.29, 0.717) is 21.8 Å². The number of ether oxygens (including phenoxy) is 1. The van der Waals surface area contributed by atoms with Crippen molar-refractivity contribution >= 4 is 45.7 Å². The first kappa shape index (κ1) is 22.2. The molecule has 7 nitrogen and oxygen atoms in total. The Hall–Kier alpha value is -2.58. The highest BCUT2D eigenvalue weighted by atomic mass is 35.5. The maximum atomic E-state index is 12.5. The molecule has 2 aliphatic rings. The molecular formula is C24H25Cl2N5O2. The number of nitrogens with zero attached hydrogens (tertiary/aromatic N) is 1. The topological polar surface area (TPSA) is 87.3 Å². The third-order valence-corrected chi connectivity index (χ3v) is 6.57. The first-order valence-corrected chi connectivity index (χ1v) is 11.8. The molecule has 3 unspecified atom stereocenters. The van der Waals surface area contributed by atoms with Crippen LogP contribution in [0.5, 0.6) is 5.75 Å². The number of anilines is 1. The second-order valence-electron chi connectivity index (χ2n) is 8.51. The summed E-state index contributed by atoms with van der Waals surface area (Å²) in [5.41, 5.74) is 8.02. The molecule has 0 bridgehead atoms. The molecule has 1 aromatic heterocycles. The summed E-state index contributed by atoms with van der Waals surface area (Å²) in [7, 11) is 0. The lowest BCUT2D eigenvalue weighted by Gasteiger charge is -2.28. The van der Waals surface area contributed by atoms with Crippen LogP contribution in [-0.4, -0.2) is 42.2 Å². The predicted molar refractivity (Wildman–Crippen MR) is 131 cm³/mol. The molecule has 1 fully saturated rings. The zero-order chi connectivity index (χ0) is 22.8. The molecule has 33 heavy (non-hydrogen) atoms. The van der Waals surface area contributed by atoms with Crippen molar-refractivity contribution in [1.82, 2.24) is 21.2 Å². The van der Waals surface area contributed by atoms with Gasteiger partial charge in [0.25, 0.3) is 5.91 Å². The zero-order valence-electron chi connectivity index (χ0n) is 17.9. The molecule has 4 N–H and O–H groups in total. The summed E-state index contributed by atoms with van der Waals surface area (Å²) in [4.78, 5) is 17.0. The fourth-order valence-electron chi connectivity index (χ4n) is 4.35. The Bertz CT molecular complexity index is 1170. The second kappa shape index (κ2) is 9.73. The zero-order valence-corrected chi connectivity index (χ0v) is 19.4. The van der Waals surface area contributed by atoms with Crippen molar-refractivity contribution in [2.75, 3.05) is 18.4 Å². The molecule has 2 heterocycles. The van der Waals surface area contributed by atoms with Crippen molar-refractivity contribution in [1.29, 1.82) is 0 Å². The number of aromatic nitrogens is 1. The molecule has 5 rings (SSSR count). The molecule has 2 aromatic carbocycles. The number of pyridine rings is 1. The van der Waals surface area contributed by atoms with Crippen LogP contribution in [0, 0.1) is 0 Å². The van der Waals surface area contributed by atoms with Gasteiger partial charge in [-0.1, -0.05) is 29.3 Å². The highest BCUT2D eigenvalue weighted by Crippen LogP contribution is 2.31. The summed E-state index contributed by atoms with van der Waals surface area (Å²) in [6, 6.07) is 15.2. The van der Waals surface area contributed by atoms with Crippen LogP contribution in [-0.2, 0) is 0 Å². The molecule has 3 aromatic rings. The van der Waals surface area contributed by atoms with Gasteiger partial charge in [0, 0.05) is 34.1 Å². The van der Waals surface area contributed by atoms with Crippen molar-refractivity contribution in [3.8, 4) is 5.75 Å². The number of halogens is 2. The fourth-order valence-corrected chi connectivity index (χ4v) is 4.71. The molecular weight excluding hydrogens is 461 g/mol. The van der Waals surface area contributed by atoms with Crippen LogP contribution in [0.25, 0.3) is 10.9 Å². The minimum absolute atomic E-state index is 0.0549. The van der Waals surface area contributed by atoms with Crippen molar-refractivity contribution < 1.29 is 9.53 Å². The van der Waals surface area contributed by atoms with E-state index >= 15 is 0 Å². The average molecular weight is 486 g/mol. The van der Waals surface area contributed by atoms with Gasteiger partial charge >= 0.3 is 0 Å². The number of fused-ring (bicyclic) bond motifs is 2. The molecule has 172 valence electrons. The summed E-state index contributed by atoms with van der Waals surface area (Å²) in [5.74, 6) is 0.584. The summed E-state index contributed by atoms with van der Waals surface area (Å²) in [5, 5.41) is 9.22. The number of benzene rings is 2. The van der Waals surface area contributed by atoms with Gasteiger partial charge in [-0.3, -0.25) is 10.2 Å². The van der Waals surface area contributed by atoms with Crippen LogP contribution in [0.1, 0.15) is 29.8 Å². The van der Waals surface area contributed by atoms with Crippen LogP contribution in [0.2, 0.25) is 10.0 Å². The van der Waals surface area contributed by atoms with Crippen LogP contribution < -0.4 is 26.2 Å². The second-order valence-corrected chi connectivity index (χ2v) is 9.38. The van der Waals surface area contributed by atoms with Gasteiger partial charge in [0.2, 0.25) is 0 Å². The lowest BCUT2D eigenvalue weighted by atomic mass is 10.2. The van der Waals surface area contributed by atoms with E-state index in [2.05, 4.69) is 26.5 Å². The highest BCUT2D eigenvalue weighted by molar-refractivity contribution is 6.31. The number of carbonyl (C=O) groups excluding carboxylic acids is 1. The first-order valence-electron chi connectivity index (χ1n) is 11.1. The van der Waals surface area contributed by atoms with Crippen LogP contribution in [0.15, 0.2) is 48.5 Å². The van der Waals surface area contributed by atoms with E-state index in [9.17, 15) is 4.79 Å². The van der Waals surface area contributed by atoms with Crippen molar-refractivity contribution in [2.45, 2.75) is 37.5 Å². The molecule has 0 saturated heterocycles. The molecule has 3 atom stereocenters.